The van der Waals surface area contributed by atoms with Gasteiger partial charge in [0, 0.05) is 50.7 Å². The standard InChI is InChI=1S/C30H39N3O4S.ClH/c1-3-27(34)28(26-20-31-19-25(26)23-7-5-4-6-8-23)32-16-13-30(14-17-32)15-18-33(29(30)35)21-22-9-11-24(12-10-22)38(2,36)37;/h4-12,25-26,28,31H,3,13-21H2,1-2H3;1H/t25-,26-,28?;/m1./s1. The number of Topliss-reactive ketones (excluding diaryl/α,β-unsaturated/α-hetero) is 1. The second kappa shape index (κ2) is 12.1. The van der Waals surface area contributed by atoms with Gasteiger partial charge in [-0.3, -0.25) is 14.5 Å². The number of piperidine rings is 1. The van der Waals surface area contributed by atoms with E-state index in [1.807, 2.05) is 17.9 Å². The monoisotopic (exact) mass is 573 g/mol. The molecule has 3 aliphatic rings. The first-order valence-corrected chi connectivity index (χ1v) is 15.7. The molecule has 1 spiro atoms. The van der Waals surface area contributed by atoms with Gasteiger partial charge in [-0.25, -0.2) is 8.42 Å². The molecular formula is C30H40ClN3O4S. The number of likely N-dealkylation sites (tertiary alicyclic amines) is 2. The molecule has 0 aromatic heterocycles. The van der Waals surface area contributed by atoms with Gasteiger partial charge in [0.15, 0.2) is 9.84 Å². The highest BCUT2D eigenvalue weighted by Gasteiger charge is 2.50. The molecule has 0 saturated carbocycles. The number of carbonyl (C=O) groups is 2. The third kappa shape index (κ3) is 6.09. The zero-order valence-electron chi connectivity index (χ0n) is 22.8. The average molecular weight is 574 g/mol. The second-order valence-electron chi connectivity index (χ2n) is 11.3. The minimum absolute atomic E-state index is 0. The molecule has 9 heteroatoms. The van der Waals surface area contributed by atoms with E-state index in [1.54, 1.807) is 24.3 Å². The number of sulfone groups is 1. The van der Waals surface area contributed by atoms with E-state index in [1.165, 1.54) is 11.8 Å². The predicted molar refractivity (Wildman–Crippen MR) is 155 cm³/mol. The van der Waals surface area contributed by atoms with Crippen LogP contribution in [0, 0.1) is 11.3 Å². The fourth-order valence-electron chi connectivity index (χ4n) is 6.82. The van der Waals surface area contributed by atoms with E-state index in [0.29, 0.717) is 36.1 Å². The van der Waals surface area contributed by atoms with Gasteiger partial charge in [0.05, 0.1) is 16.4 Å². The van der Waals surface area contributed by atoms with Crippen LogP contribution in [0.5, 0.6) is 0 Å². The summed E-state index contributed by atoms with van der Waals surface area (Å²) < 4.78 is 23.5. The van der Waals surface area contributed by atoms with Crippen molar-refractivity contribution in [3.8, 4) is 0 Å². The van der Waals surface area contributed by atoms with Gasteiger partial charge >= 0.3 is 0 Å². The van der Waals surface area contributed by atoms with Crippen LogP contribution in [0.15, 0.2) is 59.5 Å². The summed E-state index contributed by atoms with van der Waals surface area (Å²) >= 11 is 0. The zero-order chi connectivity index (χ0) is 26.9. The van der Waals surface area contributed by atoms with E-state index in [-0.39, 0.29) is 35.7 Å². The number of nitrogens with zero attached hydrogens (tertiary/aromatic N) is 2. The van der Waals surface area contributed by atoms with Crippen molar-refractivity contribution in [2.24, 2.45) is 11.3 Å². The largest absolute Gasteiger partial charge is 0.338 e. The lowest BCUT2D eigenvalue weighted by Crippen LogP contribution is -2.54. The van der Waals surface area contributed by atoms with Gasteiger partial charge in [-0.1, -0.05) is 49.4 Å². The summed E-state index contributed by atoms with van der Waals surface area (Å²) in [6.07, 6.45) is 4.12. The normalized spacial score (nSPS) is 24.1. The van der Waals surface area contributed by atoms with E-state index in [0.717, 1.165) is 51.0 Å². The molecular weight excluding hydrogens is 534 g/mol. The topological polar surface area (TPSA) is 86.8 Å². The Kier molecular flexibility index (Phi) is 9.21. The molecule has 0 aliphatic carbocycles. The van der Waals surface area contributed by atoms with Crippen LogP contribution >= 0.6 is 12.4 Å². The van der Waals surface area contributed by atoms with Crippen LogP contribution in [0.25, 0.3) is 0 Å². The average Bonchev–Trinajstić information content (AvgIpc) is 3.51. The molecule has 1 unspecified atom stereocenters. The van der Waals surface area contributed by atoms with Crippen molar-refractivity contribution < 1.29 is 18.0 Å². The number of hydrogen-bond donors (Lipinski definition) is 1. The van der Waals surface area contributed by atoms with Gasteiger partial charge in [-0.2, -0.15) is 0 Å². The smallest absolute Gasteiger partial charge is 0.229 e. The first-order chi connectivity index (χ1) is 18.2. The Balaban J connectivity index is 0.00000353. The van der Waals surface area contributed by atoms with Crippen LogP contribution < -0.4 is 5.32 Å². The number of carbonyl (C=O) groups excluding carboxylic acids is 2. The lowest BCUT2D eigenvalue weighted by molar-refractivity contribution is -0.140. The first kappa shape index (κ1) is 29.7. The Hall–Kier alpha value is -2.26. The quantitative estimate of drug-likeness (QED) is 0.518. The molecule has 2 aromatic carbocycles. The minimum atomic E-state index is -3.24. The van der Waals surface area contributed by atoms with Gasteiger partial charge in [0.25, 0.3) is 0 Å². The van der Waals surface area contributed by atoms with Crippen LogP contribution in [0.4, 0.5) is 0 Å². The lowest BCUT2D eigenvalue weighted by Gasteiger charge is -2.43. The molecule has 3 saturated heterocycles. The van der Waals surface area contributed by atoms with E-state index < -0.39 is 9.84 Å². The number of halogens is 1. The number of nitrogens with one attached hydrogen (secondary N) is 1. The highest BCUT2D eigenvalue weighted by atomic mass is 35.5. The zero-order valence-corrected chi connectivity index (χ0v) is 24.5. The van der Waals surface area contributed by atoms with Crippen LogP contribution in [0.2, 0.25) is 0 Å². The third-order valence-electron chi connectivity index (χ3n) is 9.05. The molecule has 3 aliphatic heterocycles. The molecule has 39 heavy (non-hydrogen) atoms. The van der Waals surface area contributed by atoms with Crippen molar-refractivity contribution in [3.63, 3.8) is 0 Å². The Morgan fingerprint density at radius 3 is 2.26 bits per heavy atom. The first-order valence-electron chi connectivity index (χ1n) is 13.8. The van der Waals surface area contributed by atoms with E-state index in [2.05, 4.69) is 34.5 Å². The Bertz CT molecular complexity index is 1260. The Morgan fingerprint density at radius 2 is 1.64 bits per heavy atom. The number of hydrogen-bond acceptors (Lipinski definition) is 6. The molecule has 3 atom stereocenters. The maximum atomic E-state index is 13.6. The second-order valence-corrected chi connectivity index (χ2v) is 13.3. The van der Waals surface area contributed by atoms with Crippen LogP contribution in [-0.4, -0.2) is 74.9 Å². The molecule has 1 N–H and O–H groups in total. The maximum absolute atomic E-state index is 13.6. The molecule has 2 aromatic rings. The van der Waals surface area contributed by atoms with E-state index in [9.17, 15) is 18.0 Å². The molecule has 212 valence electrons. The van der Waals surface area contributed by atoms with Crippen molar-refractivity contribution in [2.45, 2.75) is 56.0 Å². The minimum Gasteiger partial charge on any atom is -0.338 e. The van der Waals surface area contributed by atoms with Crippen molar-refractivity contribution in [2.75, 3.05) is 39.0 Å². The van der Waals surface area contributed by atoms with Gasteiger partial charge < -0.3 is 10.2 Å². The highest BCUT2D eigenvalue weighted by molar-refractivity contribution is 7.90. The lowest BCUT2D eigenvalue weighted by atomic mass is 9.75. The van der Waals surface area contributed by atoms with E-state index >= 15 is 0 Å². The molecule has 3 heterocycles. The summed E-state index contributed by atoms with van der Waals surface area (Å²) in [4.78, 5) is 31.5. The van der Waals surface area contributed by atoms with Gasteiger partial charge in [-0.15, -0.1) is 12.4 Å². The van der Waals surface area contributed by atoms with Crippen molar-refractivity contribution in [1.29, 1.82) is 0 Å². The fraction of sp³-hybridized carbons (Fsp3) is 0.533. The SMILES string of the molecule is CCC(=O)C([C@@H]1CNC[C@@H]1c1ccccc1)N1CCC2(CCN(Cc3ccc(S(C)(=O)=O)cc3)C2=O)CC1.Cl. The number of amides is 1. The number of rotatable bonds is 8. The predicted octanol–water partition coefficient (Wildman–Crippen LogP) is 3.68. The van der Waals surface area contributed by atoms with E-state index in [4.69, 9.17) is 0 Å². The Morgan fingerprint density at radius 1 is 1.00 bits per heavy atom. The fourth-order valence-corrected chi connectivity index (χ4v) is 7.45. The van der Waals surface area contributed by atoms with Gasteiger partial charge in [0.1, 0.15) is 5.78 Å². The van der Waals surface area contributed by atoms with Crippen molar-refractivity contribution in [3.05, 3.63) is 65.7 Å². The molecule has 0 radical (unpaired) electrons. The summed E-state index contributed by atoms with van der Waals surface area (Å²) in [5.41, 5.74) is 1.88. The molecule has 1 amide bonds. The maximum Gasteiger partial charge on any atom is 0.229 e. The Labute approximate surface area is 238 Å². The summed E-state index contributed by atoms with van der Waals surface area (Å²) in [6, 6.07) is 17.2. The van der Waals surface area contributed by atoms with Crippen molar-refractivity contribution >= 4 is 33.9 Å². The third-order valence-corrected chi connectivity index (χ3v) is 10.2. The summed E-state index contributed by atoms with van der Waals surface area (Å²) in [7, 11) is -3.24. The van der Waals surface area contributed by atoms with Crippen LogP contribution in [-0.2, 0) is 26.0 Å². The summed E-state index contributed by atoms with van der Waals surface area (Å²) in [5.74, 6) is 1.04. The van der Waals surface area contributed by atoms with Gasteiger partial charge in [0.2, 0.25) is 5.91 Å². The molecule has 3 fully saturated rings. The van der Waals surface area contributed by atoms with Gasteiger partial charge in [-0.05, 0) is 55.6 Å². The number of benzene rings is 2. The molecule has 5 rings (SSSR count). The summed E-state index contributed by atoms with van der Waals surface area (Å²) in [6.45, 7) is 6.42. The highest BCUT2D eigenvalue weighted by Crippen LogP contribution is 2.44. The van der Waals surface area contributed by atoms with Crippen LogP contribution in [0.3, 0.4) is 0 Å². The molecule has 7 nitrogen and oxygen atoms in total. The van der Waals surface area contributed by atoms with Crippen LogP contribution in [0.1, 0.15) is 49.7 Å². The molecule has 0 bridgehead atoms. The van der Waals surface area contributed by atoms with Crippen molar-refractivity contribution in [1.82, 2.24) is 15.1 Å². The number of ketones is 1. The summed E-state index contributed by atoms with van der Waals surface area (Å²) in [5, 5.41) is 3.54.